The number of ether oxygens (including phenoxy) is 2. The summed E-state index contributed by atoms with van der Waals surface area (Å²) < 4.78 is 11.3. The van der Waals surface area contributed by atoms with E-state index < -0.39 is 36.1 Å². The van der Waals surface area contributed by atoms with E-state index in [1.807, 2.05) is 6.92 Å². The fourth-order valence-corrected chi connectivity index (χ4v) is 7.09. The molecule has 4 aliphatic rings. The quantitative estimate of drug-likeness (QED) is 0.366. The summed E-state index contributed by atoms with van der Waals surface area (Å²) >= 11 is 0. The molecule has 0 radical (unpaired) electrons. The van der Waals surface area contributed by atoms with E-state index in [1.165, 1.54) is 5.57 Å². The molecule has 0 aromatic rings. The predicted molar refractivity (Wildman–Crippen MR) is 122 cm³/mol. The van der Waals surface area contributed by atoms with Crippen molar-refractivity contribution in [3.8, 4) is 0 Å². The summed E-state index contributed by atoms with van der Waals surface area (Å²) in [4.78, 5) is 11.1. The zero-order chi connectivity index (χ0) is 24.2. The first-order chi connectivity index (χ1) is 15.5. The second-order valence-corrected chi connectivity index (χ2v) is 11.4. The number of rotatable bonds is 5. The molecule has 10 atom stereocenters. The van der Waals surface area contributed by atoms with Gasteiger partial charge in [-0.05, 0) is 60.8 Å². The number of hydrogen-bond acceptors (Lipinski definition) is 7. The Kier molecular flexibility index (Phi) is 6.42. The summed E-state index contributed by atoms with van der Waals surface area (Å²) in [5.74, 6) is 0.250. The summed E-state index contributed by atoms with van der Waals surface area (Å²) in [6.45, 7) is 10.4. The molecule has 184 valence electrons. The largest absolute Gasteiger partial charge is 0.459 e. The van der Waals surface area contributed by atoms with E-state index in [0.29, 0.717) is 18.6 Å². The van der Waals surface area contributed by atoms with E-state index in [-0.39, 0.29) is 29.1 Å². The van der Waals surface area contributed by atoms with Gasteiger partial charge in [-0.2, -0.15) is 0 Å². The Labute approximate surface area is 195 Å². The Morgan fingerprint density at radius 2 is 1.97 bits per heavy atom. The number of allylic oxidation sites excluding steroid dienone is 4. The highest BCUT2D eigenvalue weighted by atomic mass is 16.7. The first-order valence-corrected chi connectivity index (χ1v) is 12.0. The van der Waals surface area contributed by atoms with Gasteiger partial charge in [0.1, 0.15) is 12.2 Å². The van der Waals surface area contributed by atoms with Crippen molar-refractivity contribution < 1.29 is 34.7 Å². The zero-order valence-electron chi connectivity index (χ0n) is 19.8. The summed E-state index contributed by atoms with van der Waals surface area (Å²) in [7, 11) is 0. The molecule has 0 saturated heterocycles. The lowest BCUT2D eigenvalue weighted by Gasteiger charge is -2.62. The van der Waals surface area contributed by atoms with Crippen molar-refractivity contribution in [3.05, 3.63) is 36.1 Å². The third-order valence-electron chi connectivity index (χ3n) is 9.14. The molecule has 0 spiro atoms. The van der Waals surface area contributed by atoms with Gasteiger partial charge in [-0.3, -0.25) is 4.79 Å². The molecule has 3 aliphatic carbocycles. The molecule has 0 bridgehead atoms. The van der Waals surface area contributed by atoms with Gasteiger partial charge in [0, 0.05) is 5.41 Å². The van der Waals surface area contributed by atoms with Gasteiger partial charge in [0.25, 0.3) is 0 Å². The fraction of sp³-hybridized carbons (Fsp3) is 0.731. The lowest BCUT2D eigenvalue weighted by atomic mass is 9.44. The summed E-state index contributed by atoms with van der Waals surface area (Å²) in [5.41, 5.74) is 0.473. The molecule has 4 N–H and O–H groups in total. The molecular weight excluding hydrogens is 424 g/mol. The minimum Gasteiger partial charge on any atom is -0.459 e. The van der Waals surface area contributed by atoms with Crippen LogP contribution in [0.1, 0.15) is 52.9 Å². The molecule has 2 fully saturated rings. The first-order valence-electron chi connectivity index (χ1n) is 12.0. The molecule has 5 unspecified atom stereocenters. The third-order valence-corrected chi connectivity index (χ3v) is 9.14. The van der Waals surface area contributed by atoms with Crippen molar-refractivity contribution >= 4 is 6.29 Å². The average Bonchev–Trinajstić information content (AvgIpc) is 2.78. The predicted octanol–water partition coefficient (Wildman–Crippen LogP) is 2.24. The van der Waals surface area contributed by atoms with Crippen molar-refractivity contribution in [3.63, 3.8) is 0 Å². The topological polar surface area (TPSA) is 116 Å². The van der Waals surface area contributed by atoms with Crippen LogP contribution in [0.25, 0.3) is 0 Å². The van der Waals surface area contributed by atoms with Crippen LogP contribution in [0.2, 0.25) is 0 Å². The van der Waals surface area contributed by atoms with Gasteiger partial charge in [0.2, 0.25) is 6.29 Å². The molecule has 33 heavy (non-hydrogen) atoms. The van der Waals surface area contributed by atoms with E-state index >= 15 is 0 Å². The van der Waals surface area contributed by atoms with Crippen LogP contribution < -0.4 is 0 Å². The van der Waals surface area contributed by atoms with E-state index in [2.05, 4.69) is 32.6 Å². The normalized spacial score (nSPS) is 49.6. The van der Waals surface area contributed by atoms with E-state index in [9.17, 15) is 25.2 Å². The van der Waals surface area contributed by atoms with Gasteiger partial charge in [0.05, 0.1) is 18.8 Å². The second kappa shape index (κ2) is 8.61. The Morgan fingerprint density at radius 1 is 1.24 bits per heavy atom. The highest BCUT2D eigenvalue weighted by Crippen LogP contribution is 2.63. The van der Waals surface area contributed by atoms with Gasteiger partial charge in [0.15, 0.2) is 12.0 Å². The minimum atomic E-state index is -1.36. The molecule has 1 aliphatic heterocycles. The van der Waals surface area contributed by atoms with E-state index in [1.54, 1.807) is 0 Å². The Hall–Kier alpha value is -1.51. The molecular formula is C26H38O7. The SMILES string of the molecule is C=C[C@@]1(C)CCC2C(=CCC3[C@]2(C)C[C@@H](O)[C@H](O)[C@]3(C)COC2OC(C=O)=CC(O)C2O)C1. The molecule has 0 amide bonds. The highest BCUT2D eigenvalue weighted by molar-refractivity contribution is 5.70. The van der Waals surface area contributed by atoms with Gasteiger partial charge in [-0.25, -0.2) is 0 Å². The number of fused-ring (bicyclic) bond motifs is 3. The maximum atomic E-state index is 11.1. The fourth-order valence-electron chi connectivity index (χ4n) is 7.09. The van der Waals surface area contributed by atoms with E-state index in [0.717, 1.165) is 31.8 Å². The van der Waals surface area contributed by atoms with Crippen LogP contribution in [0.4, 0.5) is 0 Å². The number of aliphatic hydroxyl groups excluding tert-OH is 4. The van der Waals surface area contributed by atoms with Crippen molar-refractivity contribution in [2.24, 2.45) is 28.1 Å². The first kappa shape index (κ1) is 24.6. The van der Waals surface area contributed by atoms with Crippen LogP contribution in [0.15, 0.2) is 36.1 Å². The van der Waals surface area contributed by atoms with Gasteiger partial charge in [-0.15, -0.1) is 6.58 Å². The van der Waals surface area contributed by atoms with Crippen LogP contribution in [-0.4, -0.2) is 64.0 Å². The molecule has 7 nitrogen and oxygen atoms in total. The average molecular weight is 463 g/mol. The van der Waals surface area contributed by atoms with Crippen molar-refractivity contribution in [1.29, 1.82) is 0 Å². The zero-order valence-corrected chi connectivity index (χ0v) is 19.8. The standard InChI is InChI=1S/C26H38O7/c1-5-24(2)9-8-17-15(11-24)6-7-20-25(17,3)12-19(29)22(31)26(20,4)14-32-23-21(30)18(28)10-16(13-27)33-23/h5-6,10,13,17-23,28-31H,1,7-9,11-12,14H2,2-4H3/t17?,18?,19-,20?,21?,22+,23?,24+,25-,26-/m1/s1. The Morgan fingerprint density at radius 3 is 2.64 bits per heavy atom. The van der Waals surface area contributed by atoms with Crippen molar-refractivity contribution in [2.75, 3.05) is 6.61 Å². The van der Waals surface area contributed by atoms with Crippen LogP contribution in [0, 0.1) is 28.1 Å². The number of aliphatic hydroxyl groups is 4. The third kappa shape index (κ3) is 4.02. The highest BCUT2D eigenvalue weighted by Gasteiger charge is 2.61. The number of carbonyl (C=O) groups excluding carboxylic acids is 1. The maximum absolute atomic E-state index is 11.1. The Balaban J connectivity index is 1.60. The smallest absolute Gasteiger partial charge is 0.229 e. The number of hydrogen-bond donors (Lipinski definition) is 4. The van der Waals surface area contributed by atoms with E-state index in [4.69, 9.17) is 9.47 Å². The van der Waals surface area contributed by atoms with Crippen molar-refractivity contribution in [2.45, 2.75) is 83.6 Å². The van der Waals surface area contributed by atoms with Gasteiger partial charge in [-0.1, -0.05) is 38.5 Å². The maximum Gasteiger partial charge on any atom is 0.229 e. The van der Waals surface area contributed by atoms with Crippen LogP contribution in [0.5, 0.6) is 0 Å². The molecule has 4 rings (SSSR count). The molecule has 1 heterocycles. The molecule has 0 aromatic heterocycles. The van der Waals surface area contributed by atoms with Gasteiger partial charge >= 0.3 is 0 Å². The Bertz CT molecular complexity index is 852. The summed E-state index contributed by atoms with van der Waals surface area (Å²) in [5, 5.41) is 42.4. The minimum absolute atomic E-state index is 0.00628. The lowest BCUT2D eigenvalue weighted by Crippen LogP contribution is -2.63. The number of aldehydes is 1. The second-order valence-electron chi connectivity index (χ2n) is 11.4. The van der Waals surface area contributed by atoms with Crippen LogP contribution in [0.3, 0.4) is 0 Å². The molecule has 7 heteroatoms. The van der Waals surface area contributed by atoms with Gasteiger partial charge < -0.3 is 29.9 Å². The van der Waals surface area contributed by atoms with Crippen LogP contribution >= 0.6 is 0 Å². The van der Waals surface area contributed by atoms with Crippen molar-refractivity contribution in [1.82, 2.24) is 0 Å². The molecule has 0 aromatic carbocycles. The summed E-state index contributed by atoms with van der Waals surface area (Å²) in [6.07, 6.45) is 4.44. The lowest BCUT2D eigenvalue weighted by molar-refractivity contribution is -0.251. The monoisotopic (exact) mass is 462 g/mol. The summed E-state index contributed by atoms with van der Waals surface area (Å²) in [6, 6.07) is 0. The number of carbonyl (C=O) groups is 1. The van der Waals surface area contributed by atoms with Crippen LogP contribution in [-0.2, 0) is 14.3 Å². The molecule has 2 saturated carbocycles.